The molecular weight excluding hydrogens is 283 g/mol. The molecule has 0 bridgehead atoms. The van der Waals surface area contributed by atoms with Gasteiger partial charge in [0.1, 0.15) is 0 Å². The molecule has 0 radical (unpaired) electrons. The molecule has 110 valence electrons. The maximum absolute atomic E-state index is 12.6. The largest absolute Gasteiger partial charge is 0.478 e. The molecule has 1 N–H and O–H groups in total. The van der Waals surface area contributed by atoms with Crippen LogP contribution in [-0.2, 0) is 6.18 Å². The maximum Gasteiger partial charge on any atom is 0.417 e. The molecule has 0 aliphatic rings. The highest BCUT2D eigenvalue weighted by Crippen LogP contribution is 2.32. The Morgan fingerprint density at radius 3 is 2.33 bits per heavy atom. The van der Waals surface area contributed by atoms with E-state index in [0.29, 0.717) is 17.8 Å². The first-order valence-electron chi connectivity index (χ1n) is 6.08. The number of alkyl halides is 3. The molecule has 21 heavy (non-hydrogen) atoms. The van der Waals surface area contributed by atoms with Gasteiger partial charge in [-0.1, -0.05) is 12.1 Å². The predicted molar refractivity (Wildman–Crippen MR) is 71.1 cm³/mol. The first-order valence-corrected chi connectivity index (χ1v) is 6.08. The Balaban J connectivity index is 2.63. The van der Waals surface area contributed by atoms with Crippen molar-refractivity contribution in [1.29, 1.82) is 0 Å². The highest BCUT2D eigenvalue weighted by molar-refractivity contribution is 5.95. The van der Waals surface area contributed by atoms with Crippen LogP contribution in [0.1, 0.15) is 27.0 Å². The molecule has 0 fully saturated rings. The van der Waals surface area contributed by atoms with Crippen LogP contribution in [0.2, 0.25) is 0 Å². The van der Waals surface area contributed by atoms with Crippen LogP contribution in [0.25, 0.3) is 11.3 Å². The van der Waals surface area contributed by atoms with Gasteiger partial charge in [-0.2, -0.15) is 13.2 Å². The number of pyridine rings is 1. The molecule has 6 heteroatoms. The number of carboxylic acids is 1. The van der Waals surface area contributed by atoms with E-state index in [2.05, 4.69) is 4.98 Å². The lowest BCUT2D eigenvalue weighted by molar-refractivity contribution is -0.137. The topological polar surface area (TPSA) is 50.2 Å². The zero-order valence-electron chi connectivity index (χ0n) is 11.3. The smallest absolute Gasteiger partial charge is 0.417 e. The molecule has 0 aliphatic heterocycles. The van der Waals surface area contributed by atoms with Crippen molar-refractivity contribution in [2.75, 3.05) is 0 Å². The molecule has 0 saturated carbocycles. The highest BCUT2D eigenvalue weighted by Gasteiger charge is 2.32. The average molecular weight is 295 g/mol. The van der Waals surface area contributed by atoms with Gasteiger partial charge in [0, 0.05) is 11.8 Å². The molecule has 0 unspecified atom stereocenters. The number of hydrogen-bond donors (Lipinski definition) is 1. The summed E-state index contributed by atoms with van der Waals surface area (Å²) in [7, 11) is 0. The summed E-state index contributed by atoms with van der Waals surface area (Å²) in [6.45, 7) is 3.72. The van der Waals surface area contributed by atoms with Crippen molar-refractivity contribution in [3.05, 3.63) is 52.7 Å². The Hall–Kier alpha value is -2.37. The fourth-order valence-electron chi connectivity index (χ4n) is 1.90. The van der Waals surface area contributed by atoms with Crippen molar-refractivity contribution in [1.82, 2.24) is 4.98 Å². The number of aromatic carboxylic acids is 1. The molecule has 0 saturated heterocycles. The van der Waals surface area contributed by atoms with Gasteiger partial charge >= 0.3 is 12.1 Å². The SMILES string of the molecule is Cc1ccc(-c2ncc(C(F)(F)F)cc2C(=O)O)cc1C. The molecule has 3 nitrogen and oxygen atoms in total. The fraction of sp³-hybridized carbons (Fsp3) is 0.200. The third-order valence-electron chi connectivity index (χ3n) is 3.23. The summed E-state index contributed by atoms with van der Waals surface area (Å²) < 4.78 is 37.9. The Labute approximate surface area is 119 Å². The van der Waals surface area contributed by atoms with Gasteiger partial charge in [0.05, 0.1) is 16.8 Å². The lowest BCUT2D eigenvalue weighted by Crippen LogP contribution is -2.10. The van der Waals surface area contributed by atoms with Crippen LogP contribution in [-0.4, -0.2) is 16.1 Å². The van der Waals surface area contributed by atoms with E-state index in [1.54, 1.807) is 18.2 Å². The molecule has 0 spiro atoms. The van der Waals surface area contributed by atoms with Crippen molar-refractivity contribution in [3.63, 3.8) is 0 Å². The lowest BCUT2D eigenvalue weighted by Gasteiger charge is -2.11. The van der Waals surface area contributed by atoms with E-state index in [-0.39, 0.29) is 5.69 Å². The minimum absolute atomic E-state index is 0.0265. The fourth-order valence-corrected chi connectivity index (χ4v) is 1.90. The van der Waals surface area contributed by atoms with E-state index < -0.39 is 23.3 Å². The van der Waals surface area contributed by atoms with E-state index >= 15 is 0 Å². The summed E-state index contributed by atoms with van der Waals surface area (Å²) in [6, 6.07) is 5.73. The summed E-state index contributed by atoms with van der Waals surface area (Å²) >= 11 is 0. The number of aryl methyl sites for hydroxylation is 2. The van der Waals surface area contributed by atoms with E-state index in [1.165, 1.54) is 0 Å². The number of hydrogen-bond acceptors (Lipinski definition) is 2. The molecular formula is C15H12F3NO2. The van der Waals surface area contributed by atoms with Gasteiger partial charge in [-0.05, 0) is 37.1 Å². The zero-order valence-corrected chi connectivity index (χ0v) is 11.3. The number of carbonyl (C=O) groups is 1. The summed E-state index contributed by atoms with van der Waals surface area (Å²) in [5.41, 5.74) is 0.872. The standard InChI is InChI=1S/C15H12F3NO2/c1-8-3-4-10(5-9(8)2)13-12(14(20)21)6-11(7-19-13)15(16,17)18/h3-7H,1-2H3,(H,20,21). The van der Waals surface area contributed by atoms with Crippen molar-refractivity contribution >= 4 is 5.97 Å². The van der Waals surface area contributed by atoms with E-state index in [1.807, 2.05) is 13.8 Å². The summed E-state index contributed by atoms with van der Waals surface area (Å²) in [5.74, 6) is -1.44. The van der Waals surface area contributed by atoms with Gasteiger partial charge in [-0.3, -0.25) is 4.98 Å². The van der Waals surface area contributed by atoms with Gasteiger partial charge in [0.25, 0.3) is 0 Å². The highest BCUT2D eigenvalue weighted by atomic mass is 19.4. The third kappa shape index (κ3) is 3.04. The first-order chi connectivity index (χ1) is 9.70. The van der Waals surface area contributed by atoms with Crippen LogP contribution in [0.4, 0.5) is 13.2 Å². The predicted octanol–water partition coefficient (Wildman–Crippen LogP) is 4.08. The number of rotatable bonds is 2. The Bertz CT molecular complexity index is 709. The van der Waals surface area contributed by atoms with Gasteiger partial charge in [-0.15, -0.1) is 0 Å². The third-order valence-corrected chi connectivity index (χ3v) is 3.23. The molecule has 2 aromatic rings. The Kier molecular flexibility index (Phi) is 3.72. The maximum atomic E-state index is 12.6. The molecule has 2 rings (SSSR count). The number of benzene rings is 1. The van der Waals surface area contributed by atoms with Crippen molar-refractivity contribution in [2.45, 2.75) is 20.0 Å². The van der Waals surface area contributed by atoms with Crippen LogP contribution in [0.15, 0.2) is 30.5 Å². The number of halogens is 3. The minimum Gasteiger partial charge on any atom is -0.478 e. The van der Waals surface area contributed by atoms with Gasteiger partial charge in [0.15, 0.2) is 0 Å². The lowest BCUT2D eigenvalue weighted by atomic mass is 10.00. The first kappa shape index (κ1) is 15.0. The van der Waals surface area contributed by atoms with Crippen LogP contribution in [0.5, 0.6) is 0 Å². The van der Waals surface area contributed by atoms with Crippen LogP contribution in [0.3, 0.4) is 0 Å². The summed E-state index contributed by atoms with van der Waals surface area (Å²) in [6.07, 6.45) is -3.98. The van der Waals surface area contributed by atoms with E-state index in [9.17, 15) is 18.0 Å². The van der Waals surface area contributed by atoms with Crippen LogP contribution >= 0.6 is 0 Å². The van der Waals surface area contributed by atoms with Crippen molar-refractivity contribution < 1.29 is 23.1 Å². The molecule has 1 aromatic heterocycles. The molecule has 1 heterocycles. The van der Waals surface area contributed by atoms with Crippen LogP contribution in [0, 0.1) is 13.8 Å². The average Bonchev–Trinajstić information content (AvgIpc) is 2.40. The number of aromatic nitrogens is 1. The monoisotopic (exact) mass is 295 g/mol. The Morgan fingerprint density at radius 1 is 1.14 bits per heavy atom. The molecule has 0 amide bonds. The Morgan fingerprint density at radius 2 is 1.81 bits per heavy atom. The van der Waals surface area contributed by atoms with Crippen molar-refractivity contribution in [3.8, 4) is 11.3 Å². The molecule has 1 aromatic carbocycles. The quantitative estimate of drug-likeness (QED) is 0.908. The van der Waals surface area contributed by atoms with Gasteiger partial charge in [-0.25, -0.2) is 4.79 Å². The van der Waals surface area contributed by atoms with Gasteiger partial charge in [0.2, 0.25) is 0 Å². The number of nitrogens with zero attached hydrogens (tertiary/aromatic N) is 1. The number of carboxylic acid groups (broad SMARTS) is 1. The second-order valence-electron chi connectivity index (χ2n) is 4.72. The van der Waals surface area contributed by atoms with Gasteiger partial charge < -0.3 is 5.11 Å². The minimum atomic E-state index is -4.63. The van der Waals surface area contributed by atoms with E-state index in [4.69, 9.17) is 5.11 Å². The second kappa shape index (κ2) is 5.20. The summed E-state index contributed by atoms with van der Waals surface area (Å²) in [4.78, 5) is 14.9. The van der Waals surface area contributed by atoms with Crippen molar-refractivity contribution in [2.24, 2.45) is 0 Å². The van der Waals surface area contributed by atoms with E-state index in [0.717, 1.165) is 11.1 Å². The molecule has 0 aliphatic carbocycles. The second-order valence-corrected chi connectivity index (χ2v) is 4.72. The summed E-state index contributed by atoms with van der Waals surface area (Å²) in [5, 5.41) is 9.13. The zero-order chi connectivity index (χ0) is 15.8. The molecule has 0 atom stereocenters. The normalized spacial score (nSPS) is 11.5. The van der Waals surface area contributed by atoms with Crippen LogP contribution < -0.4 is 0 Å².